The van der Waals surface area contributed by atoms with Crippen LogP contribution in [0, 0.1) is 17.8 Å². The summed E-state index contributed by atoms with van der Waals surface area (Å²) in [5, 5.41) is 11.7. The van der Waals surface area contributed by atoms with Gasteiger partial charge < -0.3 is 19.9 Å². The summed E-state index contributed by atoms with van der Waals surface area (Å²) in [6, 6.07) is 0. The lowest BCUT2D eigenvalue weighted by molar-refractivity contribution is -0.168. The van der Waals surface area contributed by atoms with Gasteiger partial charge in [0.1, 0.15) is 0 Å². The highest BCUT2D eigenvalue weighted by Crippen LogP contribution is 2.20. The van der Waals surface area contributed by atoms with Gasteiger partial charge >= 0.3 is 18.0 Å². The van der Waals surface area contributed by atoms with Crippen LogP contribution in [0.15, 0.2) is 0 Å². The SMILES string of the molecule is CCC[C@@H](CC)CC(CNC(=O)O[C@@H](C)OC(=O)C(C)C)C(=O)O. The molecule has 0 aliphatic carbocycles. The summed E-state index contributed by atoms with van der Waals surface area (Å²) in [5.41, 5.74) is 0. The maximum Gasteiger partial charge on any atom is 0.410 e. The Morgan fingerprint density at radius 3 is 2.17 bits per heavy atom. The highest BCUT2D eigenvalue weighted by molar-refractivity contribution is 5.73. The molecule has 0 aliphatic rings. The van der Waals surface area contributed by atoms with E-state index in [9.17, 15) is 19.5 Å². The smallest absolute Gasteiger partial charge is 0.410 e. The van der Waals surface area contributed by atoms with Crippen molar-refractivity contribution in [1.82, 2.24) is 5.32 Å². The number of carbonyl (C=O) groups is 3. The van der Waals surface area contributed by atoms with E-state index in [4.69, 9.17) is 9.47 Å². The first-order chi connectivity index (χ1) is 11.2. The Morgan fingerprint density at radius 1 is 1.08 bits per heavy atom. The van der Waals surface area contributed by atoms with Gasteiger partial charge in [0, 0.05) is 13.5 Å². The van der Waals surface area contributed by atoms with E-state index < -0.39 is 30.2 Å². The number of carbonyl (C=O) groups excluding carboxylic acids is 2. The highest BCUT2D eigenvalue weighted by Gasteiger charge is 2.23. The molecule has 1 amide bonds. The standard InChI is InChI=1S/C17H31NO6/c1-6-8-13(7-2)9-14(15(19)20)10-18-17(22)24-12(5)23-16(21)11(3)4/h11-14H,6-10H2,1-5H3,(H,18,22)(H,19,20)/t12-,13+,14?/m0/s1. The van der Waals surface area contributed by atoms with E-state index in [1.54, 1.807) is 13.8 Å². The third kappa shape index (κ3) is 9.37. The van der Waals surface area contributed by atoms with E-state index in [-0.39, 0.29) is 12.5 Å². The Labute approximate surface area is 144 Å². The molecule has 3 atom stereocenters. The lowest BCUT2D eigenvalue weighted by Gasteiger charge is -2.20. The zero-order chi connectivity index (χ0) is 18.7. The van der Waals surface area contributed by atoms with Crippen molar-refractivity contribution in [3.05, 3.63) is 0 Å². The first-order valence-electron chi connectivity index (χ1n) is 8.58. The van der Waals surface area contributed by atoms with E-state index in [1.165, 1.54) is 6.92 Å². The van der Waals surface area contributed by atoms with Crippen LogP contribution in [0.3, 0.4) is 0 Å². The maximum atomic E-state index is 11.7. The Hall–Kier alpha value is -1.79. The molecule has 0 heterocycles. The molecule has 0 fully saturated rings. The fourth-order valence-corrected chi connectivity index (χ4v) is 2.29. The van der Waals surface area contributed by atoms with Crippen LogP contribution >= 0.6 is 0 Å². The van der Waals surface area contributed by atoms with Crippen LogP contribution in [0.4, 0.5) is 4.79 Å². The molecule has 0 saturated heterocycles. The normalized spacial score (nSPS) is 14.6. The number of nitrogens with one attached hydrogen (secondary N) is 1. The first-order valence-corrected chi connectivity index (χ1v) is 8.58. The molecule has 7 heteroatoms. The van der Waals surface area contributed by atoms with Crippen molar-refractivity contribution in [1.29, 1.82) is 0 Å². The number of hydrogen-bond acceptors (Lipinski definition) is 5. The van der Waals surface area contributed by atoms with Crippen molar-refractivity contribution in [3.63, 3.8) is 0 Å². The zero-order valence-electron chi connectivity index (χ0n) is 15.3. The number of rotatable bonds is 11. The third-order valence-electron chi connectivity index (χ3n) is 3.76. The number of hydrogen-bond donors (Lipinski definition) is 2. The Balaban J connectivity index is 4.36. The van der Waals surface area contributed by atoms with Crippen LogP contribution in [0.5, 0.6) is 0 Å². The van der Waals surface area contributed by atoms with Crippen molar-refractivity contribution < 1.29 is 29.0 Å². The molecule has 0 spiro atoms. The number of carboxylic acids is 1. The summed E-state index contributed by atoms with van der Waals surface area (Å²) in [6.45, 7) is 8.86. The second-order valence-corrected chi connectivity index (χ2v) is 6.28. The number of alkyl carbamates (subject to hydrolysis) is 1. The molecule has 140 valence electrons. The summed E-state index contributed by atoms with van der Waals surface area (Å²) in [4.78, 5) is 34.4. The molecule has 2 N–H and O–H groups in total. The minimum atomic E-state index is -1.02. The van der Waals surface area contributed by atoms with Crippen LogP contribution in [-0.4, -0.2) is 36.0 Å². The topological polar surface area (TPSA) is 102 Å². The van der Waals surface area contributed by atoms with Gasteiger partial charge in [-0.15, -0.1) is 0 Å². The van der Waals surface area contributed by atoms with E-state index in [2.05, 4.69) is 12.2 Å². The lowest BCUT2D eigenvalue weighted by atomic mass is 9.89. The minimum absolute atomic E-state index is 0.0147. The molecule has 0 aromatic carbocycles. The Bertz CT molecular complexity index is 410. The van der Waals surface area contributed by atoms with Gasteiger partial charge in [0.25, 0.3) is 0 Å². The summed E-state index contributed by atoms with van der Waals surface area (Å²) < 4.78 is 9.81. The van der Waals surface area contributed by atoms with Gasteiger partial charge in [0.05, 0.1) is 11.8 Å². The van der Waals surface area contributed by atoms with Gasteiger partial charge in [-0.1, -0.05) is 47.0 Å². The molecule has 0 saturated carbocycles. The number of ether oxygens (including phenoxy) is 2. The molecule has 0 aromatic heterocycles. The predicted octanol–water partition coefficient (Wildman–Crippen LogP) is 3.18. The van der Waals surface area contributed by atoms with Crippen molar-refractivity contribution in [2.45, 2.75) is 66.6 Å². The molecular formula is C17H31NO6. The predicted molar refractivity (Wildman–Crippen MR) is 89.3 cm³/mol. The Kier molecular flexibility index (Phi) is 10.8. The molecule has 0 bridgehead atoms. The second-order valence-electron chi connectivity index (χ2n) is 6.28. The number of esters is 1. The fraction of sp³-hybridized carbons (Fsp3) is 0.824. The van der Waals surface area contributed by atoms with Crippen LogP contribution in [0.25, 0.3) is 0 Å². The molecule has 7 nitrogen and oxygen atoms in total. The van der Waals surface area contributed by atoms with Crippen molar-refractivity contribution in [2.24, 2.45) is 17.8 Å². The maximum absolute atomic E-state index is 11.7. The van der Waals surface area contributed by atoms with Crippen LogP contribution < -0.4 is 5.32 Å². The van der Waals surface area contributed by atoms with E-state index >= 15 is 0 Å². The van der Waals surface area contributed by atoms with E-state index in [1.807, 2.05) is 6.92 Å². The number of amides is 1. The van der Waals surface area contributed by atoms with Gasteiger partial charge in [-0.2, -0.15) is 0 Å². The molecule has 0 rings (SSSR count). The largest absolute Gasteiger partial charge is 0.481 e. The van der Waals surface area contributed by atoms with Gasteiger partial charge in [0.15, 0.2) is 0 Å². The van der Waals surface area contributed by atoms with Gasteiger partial charge in [-0.25, -0.2) is 4.79 Å². The van der Waals surface area contributed by atoms with Crippen LogP contribution in [0.1, 0.15) is 60.3 Å². The quantitative estimate of drug-likeness (QED) is 0.440. The van der Waals surface area contributed by atoms with Crippen LogP contribution in [0.2, 0.25) is 0 Å². The minimum Gasteiger partial charge on any atom is -0.481 e. The molecule has 0 aliphatic heterocycles. The monoisotopic (exact) mass is 345 g/mol. The van der Waals surface area contributed by atoms with E-state index in [0.29, 0.717) is 12.3 Å². The van der Waals surface area contributed by atoms with Gasteiger partial charge in [-0.05, 0) is 12.3 Å². The average Bonchev–Trinajstić information content (AvgIpc) is 2.49. The van der Waals surface area contributed by atoms with Gasteiger partial charge in [-0.3, -0.25) is 9.59 Å². The van der Waals surface area contributed by atoms with E-state index in [0.717, 1.165) is 19.3 Å². The highest BCUT2D eigenvalue weighted by atomic mass is 16.7. The average molecular weight is 345 g/mol. The summed E-state index contributed by atoms with van der Waals surface area (Å²) in [7, 11) is 0. The van der Waals surface area contributed by atoms with Crippen LogP contribution in [-0.2, 0) is 19.1 Å². The zero-order valence-corrected chi connectivity index (χ0v) is 15.3. The fourth-order valence-electron chi connectivity index (χ4n) is 2.29. The summed E-state index contributed by atoms with van der Waals surface area (Å²) >= 11 is 0. The van der Waals surface area contributed by atoms with Crippen molar-refractivity contribution in [3.8, 4) is 0 Å². The van der Waals surface area contributed by atoms with Crippen molar-refractivity contribution >= 4 is 18.0 Å². The molecule has 0 radical (unpaired) electrons. The third-order valence-corrected chi connectivity index (χ3v) is 3.76. The summed E-state index contributed by atoms with van der Waals surface area (Å²) in [5.74, 6) is -2.07. The molecule has 0 aromatic rings. The lowest BCUT2D eigenvalue weighted by Crippen LogP contribution is -2.36. The van der Waals surface area contributed by atoms with Crippen molar-refractivity contribution in [2.75, 3.05) is 6.54 Å². The molecule has 1 unspecified atom stereocenters. The number of carboxylic acid groups (broad SMARTS) is 1. The summed E-state index contributed by atoms with van der Waals surface area (Å²) in [6.07, 6.45) is 1.56. The molecule has 24 heavy (non-hydrogen) atoms. The second kappa shape index (κ2) is 11.7. The molecular weight excluding hydrogens is 314 g/mol. The van der Waals surface area contributed by atoms with Gasteiger partial charge in [0.2, 0.25) is 6.29 Å². The Morgan fingerprint density at radius 2 is 1.71 bits per heavy atom. The first kappa shape index (κ1) is 22.2. The number of aliphatic carboxylic acids is 1.